The largest absolute Gasteiger partial charge is 0.345 e. The van der Waals surface area contributed by atoms with Crippen LogP contribution >= 0.6 is 11.3 Å². The number of unbranched alkanes of at least 4 members (excludes halogenated alkanes) is 1. The predicted molar refractivity (Wildman–Crippen MR) is 147 cm³/mol. The molecule has 1 saturated heterocycles. The zero-order valence-corrected chi connectivity index (χ0v) is 23.7. The summed E-state index contributed by atoms with van der Waals surface area (Å²) >= 11 is 1.44. The highest BCUT2D eigenvalue weighted by Crippen LogP contribution is 2.33. The number of hydrogen-bond donors (Lipinski definition) is 0. The first kappa shape index (κ1) is 27.5. The summed E-state index contributed by atoms with van der Waals surface area (Å²) in [5, 5.41) is 0.733. The SMILES string of the molecule is CCCCN(CC)S(=O)(=O)c1ccc(C(=O)N2CCN(c3nc4c(S(C)(=O)=O)cccc4s3)CC2)cc1. The molecule has 12 heteroatoms. The number of carbonyl (C=O) groups is 1. The number of anilines is 1. The summed E-state index contributed by atoms with van der Waals surface area (Å²) in [6, 6.07) is 11.3. The topological polar surface area (TPSA) is 108 Å². The Morgan fingerprint density at radius 2 is 1.68 bits per heavy atom. The van der Waals surface area contributed by atoms with Gasteiger partial charge in [0.25, 0.3) is 5.91 Å². The molecule has 1 amide bonds. The van der Waals surface area contributed by atoms with Gasteiger partial charge >= 0.3 is 0 Å². The van der Waals surface area contributed by atoms with E-state index in [4.69, 9.17) is 0 Å². The van der Waals surface area contributed by atoms with Gasteiger partial charge in [0.1, 0.15) is 5.52 Å². The second-order valence-electron chi connectivity index (χ2n) is 9.03. The molecule has 0 atom stereocenters. The number of fused-ring (bicyclic) bond motifs is 1. The Bertz CT molecular complexity index is 1480. The van der Waals surface area contributed by atoms with E-state index in [1.807, 2.05) is 19.9 Å². The first-order chi connectivity index (χ1) is 17.6. The van der Waals surface area contributed by atoms with Crippen molar-refractivity contribution in [1.82, 2.24) is 14.2 Å². The van der Waals surface area contributed by atoms with Gasteiger partial charge in [-0.3, -0.25) is 4.79 Å². The van der Waals surface area contributed by atoms with Crippen molar-refractivity contribution in [3.8, 4) is 0 Å². The number of rotatable bonds is 9. The van der Waals surface area contributed by atoms with Gasteiger partial charge < -0.3 is 9.80 Å². The standard InChI is InChI=1S/C25H32N4O5S3/c1-4-6-14-29(5-2)37(33,34)20-12-10-19(11-13-20)24(30)27-15-17-28(18-16-27)25-26-23-21(35-25)8-7-9-22(23)36(3,31)32/h7-13H,4-6,14-18H2,1-3H3. The van der Waals surface area contributed by atoms with Crippen molar-refractivity contribution in [1.29, 1.82) is 0 Å². The molecule has 1 aliphatic rings. The Morgan fingerprint density at radius 3 is 2.27 bits per heavy atom. The van der Waals surface area contributed by atoms with Crippen LogP contribution in [0.1, 0.15) is 37.0 Å². The van der Waals surface area contributed by atoms with E-state index in [1.165, 1.54) is 34.0 Å². The average molecular weight is 565 g/mol. The number of sulfonamides is 1. The fourth-order valence-electron chi connectivity index (χ4n) is 4.33. The Hall–Kier alpha value is -2.54. The Labute approximate surface area is 222 Å². The minimum Gasteiger partial charge on any atom is -0.345 e. The normalized spacial score (nSPS) is 15.0. The molecule has 37 heavy (non-hydrogen) atoms. The van der Waals surface area contributed by atoms with Crippen LogP contribution in [-0.2, 0) is 19.9 Å². The van der Waals surface area contributed by atoms with Crippen LogP contribution in [0.5, 0.6) is 0 Å². The van der Waals surface area contributed by atoms with Crippen LogP contribution in [-0.4, -0.2) is 82.5 Å². The maximum absolute atomic E-state index is 13.1. The van der Waals surface area contributed by atoms with Gasteiger partial charge in [0.15, 0.2) is 15.0 Å². The van der Waals surface area contributed by atoms with Gasteiger partial charge in [-0.15, -0.1) is 0 Å². The number of hydrogen-bond acceptors (Lipinski definition) is 8. The van der Waals surface area contributed by atoms with E-state index < -0.39 is 19.9 Å². The molecule has 1 aromatic heterocycles. The maximum atomic E-state index is 13.1. The number of carbonyl (C=O) groups excluding carboxylic acids is 1. The van der Waals surface area contributed by atoms with Gasteiger partial charge in [0.2, 0.25) is 10.0 Å². The molecule has 0 N–H and O–H groups in total. The second kappa shape index (κ2) is 11.1. The number of nitrogens with zero attached hydrogens (tertiary/aromatic N) is 4. The van der Waals surface area contributed by atoms with E-state index in [9.17, 15) is 21.6 Å². The lowest BCUT2D eigenvalue weighted by atomic mass is 10.2. The molecule has 0 spiro atoms. The molecule has 1 aliphatic heterocycles. The third-order valence-corrected chi connectivity index (χ3v) is 10.7. The zero-order chi connectivity index (χ0) is 26.8. The van der Waals surface area contributed by atoms with Crippen molar-refractivity contribution in [2.75, 3.05) is 50.4 Å². The second-order valence-corrected chi connectivity index (χ2v) is 14.0. The lowest BCUT2D eigenvalue weighted by Crippen LogP contribution is -2.48. The van der Waals surface area contributed by atoms with Crippen molar-refractivity contribution in [3.05, 3.63) is 48.0 Å². The van der Waals surface area contributed by atoms with E-state index >= 15 is 0 Å². The number of para-hydroxylation sites is 1. The van der Waals surface area contributed by atoms with Crippen LogP contribution in [0, 0.1) is 0 Å². The van der Waals surface area contributed by atoms with Crippen molar-refractivity contribution < 1.29 is 21.6 Å². The molecule has 0 aliphatic carbocycles. The minimum absolute atomic E-state index is 0.148. The monoisotopic (exact) mass is 564 g/mol. The molecule has 2 heterocycles. The van der Waals surface area contributed by atoms with E-state index in [1.54, 1.807) is 29.2 Å². The van der Waals surface area contributed by atoms with Gasteiger partial charge in [-0.05, 0) is 42.8 Å². The summed E-state index contributed by atoms with van der Waals surface area (Å²) in [4.78, 5) is 21.9. The highest BCUT2D eigenvalue weighted by molar-refractivity contribution is 7.91. The first-order valence-electron chi connectivity index (χ1n) is 12.3. The lowest BCUT2D eigenvalue weighted by Gasteiger charge is -2.34. The highest BCUT2D eigenvalue weighted by Gasteiger charge is 2.26. The summed E-state index contributed by atoms with van der Waals surface area (Å²) in [7, 11) is -6.98. The number of thiazole rings is 1. The highest BCUT2D eigenvalue weighted by atomic mass is 32.2. The Morgan fingerprint density at radius 1 is 1.00 bits per heavy atom. The lowest BCUT2D eigenvalue weighted by molar-refractivity contribution is 0.0746. The van der Waals surface area contributed by atoms with Crippen LogP contribution < -0.4 is 4.90 Å². The van der Waals surface area contributed by atoms with E-state index in [2.05, 4.69) is 9.88 Å². The molecular formula is C25H32N4O5S3. The third-order valence-electron chi connectivity index (χ3n) is 6.46. The molecule has 9 nitrogen and oxygen atoms in total. The molecule has 0 saturated carbocycles. The van der Waals surface area contributed by atoms with Crippen LogP contribution in [0.2, 0.25) is 0 Å². The maximum Gasteiger partial charge on any atom is 0.253 e. The van der Waals surface area contributed by atoms with Crippen LogP contribution in [0.3, 0.4) is 0 Å². The number of benzene rings is 2. The Kier molecular flexibility index (Phi) is 8.22. The van der Waals surface area contributed by atoms with E-state index in [-0.39, 0.29) is 15.7 Å². The predicted octanol–water partition coefficient (Wildman–Crippen LogP) is 3.47. The van der Waals surface area contributed by atoms with Crippen molar-refractivity contribution in [2.24, 2.45) is 0 Å². The van der Waals surface area contributed by atoms with Crippen molar-refractivity contribution in [3.63, 3.8) is 0 Å². The molecule has 200 valence electrons. The molecule has 0 radical (unpaired) electrons. The summed E-state index contributed by atoms with van der Waals surface area (Å²) in [5.41, 5.74) is 0.927. The van der Waals surface area contributed by atoms with Crippen molar-refractivity contribution in [2.45, 2.75) is 36.5 Å². The first-order valence-corrected chi connectivity index (χ1v) is 16.4. The number of sulfone groups is 1. The molecule has 0 unspecified atom stereocenters. The van der Waals surface area contributed by atoms with Gasteiger partial charge in [-0.1, -0.05) is 37.7 Å². The van der Waals surface area contributed by atoms with Gasteiger partial charge in [0.05, 0.1) is 14.5 Å². The molecular weight excluding hydrogens is 532 g/mol. The van der Waals surface area contributed by atoms with Crippen LogP contribution in [0.25, 0.3) is 10.2 Å². The number of amides is 1. The fraction of sp³-hybridized carbons (Fsp3) is 0.440. The van der Waals surface area contributed by atoms with Gasteiger partial charge in [-0.25, -0.2) is 21.8 Å². The summed E-state index contributed by atoms with van der Waals surface area (Å²) in [6.45, 7) is 6.81. The average Bonchev–Trinajstić information content (AvgIpc) is 3.32. The zero-order valence-electron chi connectivity index (χ0n) is 21.3. The summed E-state index contributed by atoms with van der Waals surface area (Å²) < 4.78 is 52.4. The minimum atomic E-state index is -3.59. The quantitative estimate of drug-likeness (QED) is 0.392. The van der Waals surface area contributed by atoms with Crippen molar-refractivity contribution >= 4 is 52.5 Å². The fourth-order valence-corrected chi connectivity index (χ4v) is 7.76. The third kappa shape index (κ3) is 5.82. The smallest absolute Gasteiger partial charge is 0.253 e. The van der Waals surface area contributed by atoms with E-state index in [0.717, 1.165) is 22.7 Å². The van der Waals surface area contributed by atoms with Gasteiger partial charge in [0, 0.05) is 51.1 Å². The molecule has 2 aromatic carbocycles. The van der Waals surface area contributed by atoms with Crippen LogP contribution in [0.15, 0.2) is 52.3 Å². The molecule has 1 fully saturated rings. The Balaban J connectivity index is 1.43. The summed E-state index contributed by atoms with van der Waals surface area (Å²) in [5.74, 6) is -0.148. The van der Waals surface area contributed by atoms with E-state index in [0.29, 0.717) is 50.3 Å². The molecule has 4 rings (SSSR count). The summed E-state index contributed by atoms with van der Waals surface area (Å²) in [6.07, 6.45) is 2.89. The van der Waals surface area contributed by atoms with Gasteiger partial charge in [-0.2, -0.15) is 4.31 Å². The molecule has 0 bridgehead atoms. The van der Waals surface area contributed by atoms with Crippen LogP contribution in [0.4, 0.5) is 5.13 Å². The number of piperazine rings is 1. The molecule has 3 aromatic rings. The number of aromatic nitrogens is 1.